The second kappa shape index (κ2) is 3.51. The van der Waals surface area contributed by atoms with Crippen LogP contribution in [-0.4, -0.2) is 5.26 Å². The van der Waals surface area contributed by atoms with Crippen LogP contribution in [-0.2, 0) is 0 Å². The summed E-state index contributed by atoms with van der Waals surface area (Å²) in [7, 11) is 0. The van der Waals surface area contributed by atoms with Gasteiger partial charge in [0, 0.05) is 5.39 Å². The third-order valence-corrected chi connectivity index (χ3v) is 2.81. The topological polar surface area (TPSA) is 29.5 Å². The quantitative estimate of drug-likeness (QED) is 0.375. The van der Waals surface area contributed by atoms with Crippen LogP contribution in [0.1, 0.15) is 0 Å². The van der Waals surface area contributed by atoms with Gasteiger partial charge in [-0.2, -0.15) is 0 Å². The molecule has 0 heterocycles. The van der Waals surface area contributed by atoms with E-state index in [1.807, 2.05) is 36.4 Å². The van der Waals surface area contributed by atoms with Gasteiger partial charge in [0.05, 0.1) is 0 Å². The second-order valence-corrected chi connectivity index (χ2v) is 3.77. The summed E-state index contributed by atoms with van der Waals surface area (Å²) in [5.41, 5.74) is 0. The molecule has 16 heavy (non-hydrogen) atoms. The van der Waals surface area contributed by atoms with Crippen molar-refractivity contribution in [3.8, 4) is 5.75 Å². The van der Waals surface area contributed by atoms with Crippen LogP contribution >= 0.6 is 0 Å². The van der Waals surface area contributed by atoms with Gasteiger partial charge in [-0.1, -0.05) is 36.4 Å². The first-order valence-electron chi connectivity index (χ1n) is 5.11. The van der Waals surface area contributed by atoms with Crippen LogP contribution in [0.5, 0.6) is 5.75 Å². The number of rotatable bonds is 1. The van der Waals surface area contributed by atoms with E-state index in [1.165, 1.54) is 5.39 Å². The SMILES string of the molecule is OOc1cccc2cc3ccccc3cc12. The highest BCUT2D eigenvalue weighted by Gasteiger charge is 2.03. The Morgan fingerprint density at radius 3 is 2.19 bits per heavy atom. The van der Waals surface area contributed by atoms with E-state index < -0.39 is 0 Å². The molecule has 2 nitrogen and oxygen atoms in total. The molecule has 3 rings (SSSR count). The van der Waals surface area contributed by atoms with Crippen LogP contribution in [0, 0.1) is 0 Å². The lowest BCUT2D eigenvalue weighted by molar-refractivity contribution is -0.136. The average Bonchev–Trinajstić information content (AvgIpc) is 2.35. The minimum atomic E-state index is 0.489. The Morgan fingerprint density at radius 1 is 0.750 bits per heavy atom. The van der Waals surface area contributed by atoms with Gasteiger partial charge >= 0.3 is 0 Å². The summed E-state index contributed by atoms with van der Waals surface area (Å²) in [5, 5.41) is 13.1. The van der Waals surface area contributed by atoms with Gasteiger partial charge in [-0.05, 0) is 34.4 Å². The molecule has 0 radical (unpaired) electrons. The van der Waals surface area contributed by atoms with Crippen molar-refractivity contribution in [1.82, 2.24) is 0 Å². The summed E-state index contributed by atoms with van der Waals surface area (Å²) in [6.45, 7) is 0. The normalized spacial score (nSPS) is 10.8. The van der Waals surface area contributed by atoms with E-state index in [1.54, 1.807) is 6.07 Å². The number of benzene rings is 3. The fourth-order valence-electron chi connectivity index (χ4n) is 2.02. The molecule has 2 heteroatoms. The van der Waals surface area contributed by atoms with Gasteiger partial charge in [0.1, 0.15) is 0 Å². The molecule has 0 amide bonds. The first kappa shape index (κ1) is 9.19. The Balaban J connectivity index is 2.46. The van der Waals surface area contributed by atoms with Crippen molar-refractivity contribution in [2.75, 3.05) is 0 Å². The molecule has 3 aromatic carbocycles. The molecule has 0 saturated carbocycles. The lowest BCUT2D eigenvalue weighted by Crippen LogP contribution is -1.85. The standard InChI is InChI=1S/C14H10O2/c15-16-14-7-3-6-12-8-10-4-1-2-5-11(10)9-13(12)14/h1-9,15H. The van der Waals surface area contributed by atoms with Crippen molar-refractivity contribution < 1.29 is 10.1 Å². The van der Waals surface area contributed by atoms with Gasteiger partial charge in [0.25, 0.3) is 0 Å². The van der Waals surface area contributed by atoms with Gasteiger partial charge in [0.2, 0.25) is 0 Å². The fourth-order valence-corrected chi connectivity index (χ4v) is 2.02. The highest BCUT2D eigenvalue weighted by molar-refractivity contribution is 6.00. The lowest BCUT2D eigenvalue weighted by Gasteiger charge is -2.05. The maximum absolute atomic E-state index is 8.81. The minimum Gasteiger partial charge on any atom is -0.340 e. The largest absolute Gasteiger partial charge is 0.340 e. The summed E-state index contributed by atoms with van der Waals surface area (Å²) in [6, 6.07) is 17.9. The molecule has 3 aromatic rings. The maximum atomic E-state index is 8.81. The van der Waals surface area contributed by atoms with Crippen LogP contribution < -0.4 is 4.89 Å². The fraction of sp³-hybridized carbons (Fsp3) is 0. The first-order valence-corrected chi connectivity index (χ1v) is 5.11. The predicted molar refractivity (Wildman–Crippen MR) is 64.7 cm³/mol. The van der Waals surface area contributed by atoms with Crippen LogP contribution in [0.25, 0.3) is 21.5 Å². The number of fused-ring (bicyclic) bond motifs is 2. The van der Waals surface area contributed by atoms with Crippen LogP contribution in [0.15, 0.2) is 54.6 Å². The molecule has 0 spiro atoms. The molecule has 0 aliphatic carbocycles. The van der Waals surface area contributed by atoms with E-state index in [4.69, 9.17) is 5.26 Å². The molecular formula is C14H10O2. The molecule has 0 atom stereocenters. The third-order valence-electron chi connectivity index (χ3n) is 2.81. The summed E-state index contributed by atoms with van der Waals surface area (Å²) < 4.78 is 0. The molecular weight excluding hydrogens is 200 g/mol. The van der Waals surface area contributed by atoms with E-state index >= 15 is 0 Å². The number of hydrogen-bond donors (Lipinski definition) is 1. The minimum absolute atomic E-state index is 0.489. The summed E-state index contributed by atoms with van der Waals surface area (Å²) in [4.78, 5) is 4.38. The first-order chi connectivity index (χ1) is 7.88. The van der Waals surface area contributed by atoms with Gasteiger partial charge in [-0.25, -0.2) is 5.26 Å². The van der Waals surface area contributed by atoms with Gasteiger partial charge in [0.15, 0.2) is 5.75 Å². The summed E-state index contributed by atoms with van der Waals surface area (Å²) >= 11 is 0. The van der Waals surface area contributed by atoms with Gasteiger partial charge in [-0.3, -0.25) is 0 Å². The molecule has 0 aliphatic heterocycles. The predicted octanol–water partition coefficient (Wildman–Crippen LogP) is 3.84. The van der Waals surface area contributed by atoms with E-state index in [2.05, 4.69) is 17.0 Å². The highest BCUT2D eigenvalue weighted by atomic mass is 17.1. The second-order valence-electron chi connectivity index (χ2n) is 3.77. The Kier molecular flexibility index (Phi) is 2.01. The Labute approximate surface area is 92.6 Å². The lowest BCUT2D eigenvalue weighted by atomic mass is 10.0. The van der Waals surface area contributed by atoms with Crippen LogP contribution in [0.3, 0.4) is 0 Å². The molecule has 0 aliphatic rings. The third kappa shape index (κ3) is 1.32. The van der Waals surface area contributed by atoms with Crippen molar-refractivity contribution >= 4 is 21.5 Å². The Hall–Kier alpha value is -2.06. The molecule has 0 fully saturated rings. The monoisotopic (exact) mass is 210 g/mol. The Bertz CT molecular complexity index is 659. The van der Waals surface area contributed by atoms with Crippen LogP contribution in [0.4, 0.5) is 0 Å². The molecule has 0 saturated heterocycles. The van der Waals surface area contributed by atoms with E-state index in [-0.39, 0.29) is 0 Å². The van der Waals surface area contributed by atoms with E-state index in [0.29, 0.717) is 5.75 Å². The summed E-state index contributed by atoms with van der Waals surface area (Å²) in [6.07, 6.45) is 0. The maximum Gasteiger partial charge on any atom is 0.172 e. The smallest absolute Gasteiger partial charge is 0.172 e. The van der Waals surface area contributed by atoms with Gasteiger partial charge in [-0.15, -0.1) is 0 Å². The Morgan fingerprint density at radius 2 is 1.44 bits per heavy atom. The molecule has 78 valence electrons. The van der Waals surface area contributed by atoms with Crippen molar-refractivity contribution in [2.24, 2.45) is 0 Å². The van der Waals surface area contributed by atoms with Crippen molar-refractivity contribution in [1.29, 1.82) is 0 Å². The number of hydrogen-bond acceptors (Lipinski definition) is 2. The zero-order chi connectivity index (χ0) is 11.0. The summed E-state index contributed by atoms with van der Waals surface area (Å²) in [5.74, 6) is 0.489. The highest BCUT2D eigenvalue weighted by Crippen LogP contribution is 2.29. The van der Waals surface area contributed by atoms with Crippen LogP contribution in [0.2, 0.25) is 0 Å². The van der Waals surface area contributed by atoms with E-state index in [9.17, 15) is 0 Å². The molecule has 0 bridgehead atoms. The zero-order valence-corrected chi connectivity index (χ0v) is 8.55. The van der Waals surface area contributed by atoms with Crippen molar-refractivity contribution in [3.63, 3.8) is 0 Å². The average molecular weight is 210 g/mol. The van der Waals surface area contributed by atoms with Crippen molar-refractivity contribution in [2.45, 2.75) is 0 Å². The zero-order valence-electron chi connectivity index (χ0n) is 8.55. The van der Waals surface area contributed by atoms with Gasteiger partial charge < -0.3 is 4.89 Å². The molecule has 0 unspecified atom stereocenters. The van der Waals surface area contributed by atoms with Crippen molar-refractivity contribution in [3.05, 3.63) is 54.6 Å². The molecule has 0 aromatic heterocycles. The molecule has 1 N–H and O–H groups in total. The van der Waals surface area contributed by atoms with E-state index in [0.717, 1.165) is 16.2 Å².